The standard InChI is InChI=1S/C9H8FNO4/c10-7-3-5(15-4-8(11)12)1-2-6(7)9(13)14/h1-3H,4H2,(H2,11,12)(H,13,14). The molecule has 6 heteroatoms. The molecule has 0 heterocycles. The lowest BCUT2D eigenvalue weighted by Crippen LogP contribution is -2.20. The third-order valence-corrected chi connectivity index (χ3v) is 1.55. The summed E-state index contributed by atoms with van der Waals surface area (Å²) in [6.07, 6.45) is 0. The zero-order valence-corrected chi connectivity index (χ0v) is 7.57. The van der Waals surface area contributed by atoms with Crippen molar-refractivity contribution in [2.45, 2.75) is 0 Å². The maximum Gasteiger partial charge on any atom is 0.338 e. The maximum atomic E-state index is 13.0. The number of carbonyl (C=O) groups is 2. The van der Waals surface area contributed by atoms with Crippen molar-refractivity contribution in [2.75, 3.05) is 6.61 Å². The number of carbonyl (C=O) groups excluding carboxylic acids is 1. The van der Waals surface area contributed by atoms with Crippen LogP contribution in [-0.2, 0) is 4.79 Å². The third-order valence-electron chi connectivity index (χ3n) is 1.55. The van der Waals surface area contributed by atoms with Crippen LogP contribution in [0.2, 0.25) is 0 Å². The van der Waals surface area contributed by atoms with Gasteiger partial charge in [0.25, 0.3) is 5.91 Å². The first kappa shape index (κ1) is 11.0. The topological polar surface area (TPSA) is 89.6 Å². The fourth-order valence-corrected chi connectivity index (χ4v) is 0.914. The molecule has 80 valence electrons. The molecule has 0 unspecified atom stereocenters. The first-order valence-electron chi connectivity index (χ1n) is 3.94. The van der Waals surface area contributed by atoms with E-state index in [2.05, 4.69) is 0 Å². The van der Waals surface area contributed by atoms with Gasteiger partial charge in [-0.15, -0.1) is 0 Å². The van der Waals surface area contributed by atoms with Gasteiger partial charge in [0.15, 0.2) is 6.61 Å². The van der Waals surface area contributed by atoms with Crippen molar-refractivity contribution in [1.29, 1.82) is 0 Å². The smallest absolute Gasteiger partial charge is 0.338 e. The van der Waals surface area contributed by atoms with Crippen LogP contribution in [-0.4, -0.2) is 23.6 Å². The Labute approximate surface area is 84.3 Å². The van der Waals surface area contributed by atoms with E-state index in [-0.39, 0.29) is 12.4 Å². The van der Waals surface area contributed by atoms with E-state index in [4.69, 9.17) is 15.6 Å². The van der Waals surface area contributed by atoms with E-state index in [0.717, 1.165) is 12.1 Å². The second-order valence-electron chi connectivity index (χ2n) is 2.70. The van der Waals surface area contributed by atoms with Gasteiger partial charge in [-0.2, -0.15) is 0 Å². The lowest BCUT2D eigenvalue weighted by atomic mass is 10.2. The maximum absolute atomic E-state index is 13.0. The Bertz CT molecular complexity index is 405. The highest BCUT2D eigenvalue weighted by atomic mass is 19.1. The summed E-state index contributed by atoms with van der Waals surface area (Å²) in [6, 6.07) is 3.18. The van der Waals surface area contributed by atoms with Gasteiger partial charge in [-0.3, -0.25) is 4.79 Å². The minimum Gasteiger partial charge on any atom is -0.484 e. The molecule has 1 aromatic rings. The van der Waals surface area contributed by atoms with E-state index >= 15 is 0 Å². The molecule has 0 spiro atoms. The van der Waals surface area contributed by atoms with E-state index in [9.17, 15) is 14.0 Å². The molecule has 0 saturated carbocycles. The lowest BCUT2D eigenvalue weighted by Gasteiger charge is -2.04. The molecule has 0 aliphatic rings. The Morgan fingerprint density at radius 1 is 1.47 bits per heavy atom. The van der Waals surface area contributed by atoms with Crippen LogP contribution in [0.3, 0.4) is 0 Å². The number of hydrogen-bond acceptors (Lipinski definition) is 3. The van der Waals surface area contributed by atoms with Gasteiger partial charge in [0, 0.05) is 6.07 Å². The van der Waals surface area contributed by atoms with Crippen LogP contribution in [0.4, 0.5) is 4.39 Å². The fourth-order valence-electron chi connectivity index (χ4n) is 0.914. The minimum absolute atomic E-state index is 0.0521. The van der Waals surface area contributed by atoms with Crippen molar-refractivity contribution in [1.82, 2.24) is 0 Å². The van der Waals surface area contributed by atoms with Crippen molar-refractivity contribution >= 4 is 11.9 Å². The molecular weight excluding hydrogens is 205 g/mol. The monoisotopic (exact) mass is 213 g/mol. The molecular formula is C9H8FNO4. The number of ether oxygens (including phenoxy) is 1. The number of nitrogens with two attached hydrogens (primary N) is 1. The van der Waals surface area contributed by atoms with E-state index in [1.807, 2.05) is 0 Å². The summed E-state index contributed by atoms with van der Waals surface area (Å²) in [4.78, 5) is 20.8. The summed E-state index contributed by atoms with van der Waals surface area (Å²) in [7, 11) is 0. The molecule has 0 aliphatic carbocycles. The largest absolute Gasteiger partial charge is 0.484 e. The van der Waals surface area contributed by atoms with Gasteiger partial charge < -0.3 is 15.6 Å². The van der Waals surface area contributed by atoms with E-state index in [1.54, 1.807) is 0 Å². The molecule has 0 saturated heterocycles. The third kappa shape index (κ3) is 2.94. The molecule has 15 heavy (non-hydrogen) atoms. The highest BCUT2D eigenvalue weighted by molar-refractivity contribution is 5.88. The predicted molar refractivity (Wildman–Crippen MR) is 48.0 cm³/mol. The number of hydrogen-bond donors (Lipinski definition) is 2. The molecule has 0 aromatic heterocycles. The number of primary amides is 1. The molecule has 0 fully saturated rings. The van der Waals surface area contributed by atoms with E-state index in [1.165, 1.54) is 6.07 Å². The van der Waals surface area contributed by atoms with Crippen molar-refractivity contribution in [3.05, 3.63) is 29.6 Å². The Balaban J connectivity index is 2.82. The summed E-state index contributed by atoms with van der Waals surface area (Å²) in [5.74, 6) is -2.94. The van der Waals surface area contributed by atoms with Crippen LogP contribution in [0, 0.1) is 5.82 Å². The van der Waals surface area contributed by atoms with Gasteiger partial charge in [0.05, 0.1) is 5.56 Å². The van der Waals surface area contributed by atoms with Crippen LogP contribution in [0.1, 0.15) is 10.4 Å². The molecule has 0 atom stereocenters. The zero-order chi connectivity index (χ0) is 11.4. The number of halogens is 1. The van der Waals surface area contributed by atoms with Gasteiger partial charge in [-0.1, -0.05) is 0 Å². The van der Waals surface area contributed by atoms with Crippen molar-refractivity contribution < 1.29 is 23.8 Å². The molecule has 0 radical (unpaired) electrons. The van der Waals surface area contributed by atoms with Crippen molar-refractivity contribution in [3.8, 4) is 5.75 Å². The number of benzene rings is 1. The van der Waals surface area contributed by atoms with Gasteiger partial charge in [0.2, 0.25) is 0 Å². The van der Waals surface area contributed by atoms with Gasteiger partial charge in [-0.05, 0) is 12.1 Å². The summed E-state index contributed by atoms with van der Waals surface area (Å²) in [5, 5.41) is 8.52. The van der Waals surface area contributed by atoms with Crippen LogP contribution in [0.15, 0.2) is 18.2 Å². The summed E-state index contributed by atoms with van der Waals surface area (Å²) in [6.45, 7) is -0.383. The first-order chi connectivity index (χ1) is 7.00. The first-order valence-corrected chi connectivity index (χ1v) is 3.94. The molecule has 0 bridgehead atoms. The highest BCUT2D eigenvalue weighted by Gasteiger charge is 2.10. The van der Waals surface area contributed by atoms with Crippen LogP contribution in [0.25, 0.3) is 0 Å². The normalized spacial score (nSPS) is 9.67. The Morgan fingerprint density at radius 3 is 2.60 bits per heavy atom. The second kappa shape index (κ2) is 4.41. The average Bonchev–Trinajstić information content (AvgIpc) is 2.14. The van der Waals surface area contributed by atoms with E-state index in [0.29, 0.717) is 0 Å². The van der Waals surface area contributed by atoms with Gasteiger partial charge in [0.1, 0.15) is 11.6 Å². The molecule has 0 aliphatic heterocycles. The van der Waals surface area contributed by atoms with Crippen molar-refractivity contribution in [2.24, 2.45) is 5.73 Å². The number of amides is 1. The zero-order valence-electron chi connectivity index (χ0n) is 7.57. The molecule has 3 N–H and O–H groups in total. The lowest BCUT2D eigenvalue weighted by molar-refractivity contribution is -0.119. The Hall–Kier alpha value is -2.11. The van der Waals surface area contributed by atoms with Crippen LogP contribution >= 0.6 is 0 Å². The molecule has 1 amide bonds. The summed E-state index contributed by atoms with van der Waals surface area (Å²) >= 11 is 0. The SMILES string of the molecule is NC(=O)COc1ccc(C(=O)O)c(F)c1. The number of carboxylic acids is 1. The number of aromatic carboxylic acids is 1. The Morgan fingerprint density at radius 2 is 2.13 bits per heavy atom. The van der Waals surface area contributed by atoms with E-state index < -0.39 is 23.3 Å². The summed E-state index contributed by atoms with van der Waals surface area (Å²) in [5.41, 5.74) is 4.35. The fraction of sp³-hybridized carbons (Fsp3) is 0.111. The quantitative estimate of drug-likeness (QED) is 0.756. The van der Waals surface area contributed by atoms with Crippen molar-refractivity contribution in [3.63, 3.8) is 0 Å². The number of rotatable bonds is 4. The second-order valence-corrected chi connectivity index (χ2v) is 2.70. The van der Waals surface area contributed by atoms with Crippen LogP contribution < -0.4 is 10.5 Å². The molecule has 1 aromatic carbocycles. The van der Waals surface area contributed by atoms with Gasteiger partial charge >= 0.3 is 5.97 Å². The van der Waals surface area contributed by atoms with Gasteiger partial charge in [-0.25, -0.2) is 9.18 Å². The number of carboxylic acid groups (broad SMARTS) is 1. The van der Waals surface area contributed by atoms with Crippen LogP contribution in [0.5, 0.6) is 5.75 Å². The minimum atomic E-state index is -1.37. The molecule has 5 nitrogen and oxygen atoms in total. The average molecular weight is 213 g/mol. The molecule has 1 rings (SSSR count). The highest BCUT2D eigenvalue weighted by Crippen LogP contribution is 2.16. The summed E-state index contributed by atoms with van der Waals surface area (Å²) < 4.78 is 17.8. The predicted octanol–water partition coefficient (Wildman–Crippen LogP) is 0.388. The Kier molecular flexibility index (Phi) is 3.22.